The smallest absolute Gasteiger partial charge is 0.270 e. The Labute approximate surface area is 280 Å². The van der Waals surface area contributed by atoms with E-state index in [1.54, 1.807) is 49.6 Å². The topological polar surface area (TPSA) is 168 Å². The molecule has 3 heterocycles. The van der Waals surface area contributed by atoms with E-state index < -0.39 is 28.8 Å². The van der Waals surface area contributed by atoms with Gasteiger partial charge in [0.1, 0.15) is 6.33 Å². The van der Waals surface area contributed by atoms with Crippen LogP contribution in [0, 0.1) is 10.1 Å². The number of rotatable bonds is 11. The van der Waals surface area contributed by atoms with Crippen molar-refractivity contribution in [1.82, 2.24) is 30.4 Å². The zero-order chi connectivity index (χ0) is 34.4. The van der Waals surface area contributed by atoms with Crippen molar-refractivity contribution in [3.63, 3.8) is 0 Å². The number of hydrogen-bond donors (Lipinski definition) is 2. The number of carbonyl (C=O) groups excluding carboxylic acids is 4. The van der Waals surface area contributed by atoms with Gasteiger partial charge in [0.15, 0.2) is 0 Å². The summed E-state index contributed by atoms with van der Waals surface area (Å²) in [7, 11) is 0. The Balaban J connectivity index is 0.971. The van der Waals surface area contributed by atoms with Crippen LogP contribution in [0.2, 0.25) is 0 Å². The quantitative estimate of drug-likeness (QED) is 0.0909. The maximum absolute atomic E-state index is 13.8. The molecule has 2 aliphatic heterocycles. The van der Waals surface area contributed by atoms with E-state index in [-0.39, 0.29) is 29.6 Å². The molecule has 1 aromatic heterocycles. The van der Waals surface area contributed by atoms with Gasteiger partial charge >= 0.3 is 0 Å². The Bertz CT molecular complexity index is 2210. The molecule has 2 atom stereocenters. The molecule has 13 nitrogen and oxygen atoms in total. The lowest BCUT2D eigenvalue weighted by Gasteiger charge is -2.32. The summed E-state index contributed by atoms with van der Waals surface area (Å²) in [5.41, 5.74) is 2.71. The summed E-state index contributed by atoms with van der Waals surface area (Å²) >= 11 is 0. The molecule has 4 amide bonds. The molecule has 246 valence electrons. The number of nitrogens with one attached hydrogen (secondary N) is 2. The van der Waals surface area contributed by atoms with E-state index in [9.17, 15) is 29.3 Å². The van der Waals surface area contributed by atoms with E-state index in [4.69, 9.17) is 0 Å². The van der Waals surface area contributed by atoms with E-state index >= 15 is 0 Å². The number of benzene rings is 4. The molecule has 7 rings (SSSR count). The number of amides is 4. The Morgan fingerprint density at radius 3 is 1.69 bits per heavy atom. The van der Waals surface area contributed by atoms with Gasteiger partial charge in [0.05, 0.1) is 10.5 Å². The predicted octanol–water partition coefficient (Wildman–Crippen LogP) is 4.21. The van der Waals surface area contributed by atoms with E-state index in [0.717, 1.165) is 21.4 Å². The van der Waals surface area contributed by atoms with Crippen LogP contribution in [0.5, 0.6) is 0 Å². The highest BCUT2D eigenvalue weighted by Gasteiger charge is 2.38. The zero-order valence-electron chi connectivity index (χ0n) is 26.7. The summed E-state index contributed by atoms with van der Waals surface area (Å²) in [6, 6.07) is 15.7. The number of non-ortho nitro benzene ring substituents is 1. The molecule has 0 unspecified atom stereocenters. The lowest BCUT2D eigenvalue weighted by Crippen LogP contribution is -2.51. The van der Waals surface area contributed by atoms with Gasteiger partial charge in [-0.3, -0.25) is 39.1 Å². The van der Waals surface area contributed by atoms with Crippen molar-refractivity contribution < 1.29 is 24.1 Å². The van der Waals surface area contributed by atoms with E-state index in [1.807, 2.05) is 25.1 Å². The zero-order valence-corrected chi connectivity index (χ0v) is 26.7. The molecule has 2 aliphatic rings. The highest BCUT2D eigenvalue weighted by Crippen LogP contribution is 2.36. The third-order valence-corrected chi connectivity index (χ3v) is 9.08. The minimum atomic E-state index is -0.573. The summed E-state index contributed by atoms with van der Waals surface area (Å²) in [6.45, 7) is 5.13. The van der Waals surface area contributed by atoms with Crippen molar-refractivity contribution in [2.75, 3.05) is 26.2 Å². The molecular weight excluding hydrogens is 626 g/mol. The van der Waals surface area contributed by atoms with E-state index in [1.165, 1.54) is 23.4 Å². The summed E-state index contributed by atoms with van der Waals surface area (Å²) in [5.74, 6) is -1.74. The normalized spacial score (nSPS) is 15.3. The summed E-state index contributed by atoms with van der Waals surface area (Å²) in [6.07, 6.45) is 4.80. The van der Waals surface area contributed by atoms with Gasteiger partial charge in [-0.15, -0.1) is 0 Å². The molecule has 2 N–H and O–H groups in total. The number of carbonyl (C=O) groups is 4. The van der Waals surface area contributed by atoms with Crippen molar-refractivity contribution in [1.29, 1.82) is 0 Å². The van der Waals surface area contributed by atoms with Crippen LogP contribution in [-0.2, 0) is 0 Å². The van der Waals surface area contributed by atoms with Gasteiger partial charge < -0.3 is 10.6 Å². The van der Waals surface area contributed by atoms with Gasteiger partial charge in [0.25, 0.3) is 29.3 Å². The number of aromatic nitrogens is 2. The first-order chi connectivity index (χ1) is 23.7. The summed E-state index contributed by atoms with van der Waals surface area (Å²) in [5, 5.41) is 20.4. The number of nitro benzene ring substituents is 1. The second kappa shape index (κ2) is 12.6. The van der Waals surface area contributed by atoms with Crippen LogP contribution in [0.4, 0.5) is 5.69 Å². The van der Waals surface area contributed by atoms with Gasteiger partial charge in [-0.2, -0.15) is 0 Å². The highest BCUT2D eigenvalue weighted by atomic mass is 16.6. The third-order valence-electron chi connectivity index (χ3n) is 9.08. The summed E-state index contributed by atoms with van der Waals surface area (Å²) < 4.78 is 0. The van der Waals surface area contributed by atoms with Crippen LogP contribution in [0.25, 0.3) is 32.7 Å². The van der Waals surface area contributed by atoms with Gasteiger partial charge in [-0.05, 0) is 54.4 Å². The Hall–Kier alpha value is -5.92. The van der Waals surface area contributed by atoms with Crippen LogP contribution in [0.15, 0.2) is 79.4 Å². The predicted molar refractivity (Wildman–Crippen MR) is 181 cm³/mol. The molecule has 0 saturated carbocycles. The number of nitro groups is 1. The standard InChI is InChI=1S/C36H31N7O6/c1-20(41-33(44)27-7-3-5-22-11-24(25-17-39-19-40-18-25)13-29(31(22)27)35(41)46)15-37-9-10-38-16-21(2)42-34(45)28-8-4-6-23-12-26(43(48)49)14-30(32(23)28)36(42)47/h3-8,11-14,17-21,37-38H,9-10,15-16H2,1-2H3/t20-,21-/m0/s1. The molecule has 0 saturated heterocycles. The second-order valence-electron chi connectivity index (χ2n) is 12.3. The van der Waals surface area contributed by atoms with Gasteiger partial charge in [0, 0.05) is 95.8 Å². The van der Waals surface area contributed by atoms with E-state index in [0.29, 0.717) is 52.5 Å². The second-order valence-corrected chi connectivity index (χ2v) is 12.3. The van der Waals surface area contributed by atoms with Crippen molar-refractivity contribution in [3.8, 4) is 11.1 Å². The molecule has 5 aromatic rings. The number of nitrogens with zero attached hydrogens (tertiary/aromatic N) is 5. The number of hydrogen-bond acceptors (Lipinski definition) is 10. The fourth-order valence-corrected chi connectivity index (χ4v) is 6.74. The molecule has 0 bridgehead atoms. The van der Waals surface area contributed by atoms with Crippen molar-refractivity contribution in [2.24, 2.45) is 0 Å². The number of imide groups is 2. The van der Waals surface area contributed by atoms with Crippen LogP contribution in [0.1, 0.15) is 55.3 Å². The minimum Gasteiger partial charge on any atom is -0.313 e. The first-order valence-corrected chi connectivity index (χ1v) is 15.9. The van der Waals surface area contributed by atoms with Crippen LogP contribution in [0.3, 0.4) is 0 Å². The van der Waals surface area contributed by atoms with Crippen LogP contribution >= 0.6 is 0 Å². The Morgan fingerprint density at radius 2 is 1.16 bits per heavy atom. The molecule has 0 aliphatic carbocycles. The lowest BCUT2D eigenvalue weighted by atomic mass is 9.90. The molecule has 0 spiro atoms. The molecule has 4 aromatic carbocycles. The van der Waals surface area contributed by atoms with Crippen molar-refractivity contribution in [2.45, 2.75) is 25.9 Å². The highest BCUT2D eigenvalue weighted by molar-refractivity contribution is 6.27. The van der Waals surface area contributed by atoms with E-state index in [2.05, 4.69) is 20.6 Å². The average molecular weight is 658 g/mol. The molecule has 49 heavy (non-hydrogen) atoms. The third kappa shape index (κ3) is 5.48. The largest absolute Gasteiger partial charge is 0.313 e. The Morgan fingerprint density at radius 1 is 0.673 bits per heavy atom. The van der Waals surface area contributed by atoms with Crippen molar-refractivity contribution >= 4 is 50.9 Å². The first kappa shape index (κ1) is 31.7. The average Bonchev–Trinajstić information content (AvgIpc) is 3.10. The minimum absolute atomic E-state index is 0.132. The van der Waals surface area contributed by atoms with Gasteiger partial charge in [0.2, 0.25) is 0 Å². The van der Waals surface area contributed by atoms with Crippen molar-refractivity contribution in [3.05, 3.63) is 112 Å². The summed E-state index contributed by atoms with van der Waals surface area (Å²) in [4.78, 5) is 75.7. The van der Waals surface area contributed by atoms with Crippen LogP contribution < -0.4 is 10.6 Å². The maximum Gasteiger partial charge on any atom is 0.270 e. The first-order valence-electron chi connectivity index (χ1n) is 15.9. The molecular formula is C36H31N7O6. The maximum atomic E-state index is 13.8. The van der Waals surface area contributed by atoms with Gasteiger partial charge in [-0.1, -0.05) is 24.3 Å². The fourth-order valence-electron chi connectivity index (χ4n) is 6.74. The van der Waals surface area contributed by atoms with Crippen LogP contribution in [-0.4, -0.2) is 86.6 Å². The fraction of sp³-hybridized carbons (Fsp3) is 0.222. The van der Waals surface area contributed by atoms with Gasteiger partial charge in [-0.25, -0.2) is 9.97 Å². The lowest BCUT2D eigenvalue weighted by molar-refractivity contribution is -0.384. The monoisotopic (exact) mass is 657 g/mol. The molecule has 13 heteroatoms. The SMILES string of the molecule is C[C@@H](CNCCNC[C@H](C)N1C(=O)c2cccc3cc([N+](=O)[O-])cc(c23)C1=O)N1C(=O)c2cccc3cc(-c4cncnc4)cc(c23)C1=O. The molecule has 0 radical (unpaired) electrons. The Kier molecular flexibility index (Phi) is 8.14. The molecule has 0 fully saturated rings.